The molecule has 0 bridgehead atoms. The van der Waals surface area contributed by atoms with Gasteiger partial charge in [0.2, 0.25) is 0 Å². The predicted molar refractivity (Wildman–Crippen MR) is 136 cm³/mol. The smallest absolute Gasteiger partial charge is 0.416 e. The summed E-state index contributed by atoms with van der Waals surface area (Å²) in [5.41, 5.74) is 0.0270. The molecule has 0 saturated carbocycles. The van der Waals surface area contributed by atoms with E-state index in [1.807, 2.05) is 35.8 Å². The number of fused-ring (bicyclic) bond motifs is 1. The zero-order valence-electron chi connectivity index (χ0n) is 21.3. The molecule has 0 unspecified atom stereocenters. The molecule has 2 aliphatic heterocycles. The Labute approximate surface area is 223 Å². The molecule has 7 nitrogen and oxygen atoms in total. The van der Waals surface area contributed by atoms with Crippen LogP contribution in [0.1, 0.15) is 73.5 Å². The Morgan fingerprint density at radius 2 is 1.92 bits per heavy atom. The SMILES string of the molecule is Cc1nnc([C@H]2CCCN2C(=O)N[C@@H]2CC(C)(C)Oc3cc(C(F)(F)F)ccc32)n1Cc1ccc(Cl)cc1. The first-order valence-electron chi connectivity index (χ1n) is 12.5. The van der Waals surface area contributed by atoms with Crippen molar-refractivity contribution in [3.05, 3.63) is 75.8 Å². The molecule has 3 heterocycles. The Hall–Kier alpha value is -3.27. The van der Waals surface area contributed by atoms with Gasteiger partial charge in [-0.3, -0.25) is 0 Å². The monoisotopic (exact) mass is 547 g/mol. The number of nitrogens with one attached hydrogen (secondary N) is 1. The van der Waals surface area contributed by atoms with Crippen molar-refractivity contribution in [3.63, 3.8) is 0 Å². The van der Waals surface area contributed by atoms with Crippen LogP contribution in [0.25, 0.3) is 0 Å². The van der Waals surface area contributed by atoms with Crippen molar-refractivity contribution >= 4 is 17.6 Å². The first kappa shape index (κ1) is 26.3. The largest absolute Gasteiger partial charge is 0.487 e. The van der Waals surface area contributed by atoms with Crippen molar-refractivity contribution in [3.8, 4) is 5.75 Å². The van der Waals surface area contributed by atoms with Gasteiger partial charge >= 0.3 is 12.2 Å². The number of halogens is 4. The summed E-state index contributed by atoms with van der Waals surface area (Å²) in [6.07, 6.45) is -2.53. The van der Waals surface area contributed by atoms with Gasteiger partial charge in [-0.25, -0.2) is 4.79 Å². The number of carbonyl (C=O) groups is 1. The van der Waals surface area contributed by atoms with Crippen molar-refractivity contribution in [1.29, 1.82) is 0 Å². The molecule has 2 aromatic carbocycles. The minimum atomic E-state index is -4.48. The molecule has 0 radical (unpaired) electrons. The quantitative estimate of drug-likeness (QED) is 0.407. The fourth-order valence-electron chi connectivity index (χ4n) is 5.28. The van der Waals surface area contributed by atoms with Crippen molar-refractivity contribution < 1.29 is 22.7 Å². The van der Waals surface area contributed by atoms with E-state index in [0.29, 0.717) is 35.9 Å². The van der Waals surface area contributed by atoms with Gasteiger partial charge in [0.05, 0.1) is 24.2 Å². The Balaban J connectivity index is 1.38. The third-order valence-corrected chi connectivity index (χ3v) is 7.38. The summed E-state index contributed by atoms with van der Waals surface area (Å²) in [5, 5.41) is 12.4. The molecule has 1 aromatic heterocycles. The van der Waals surface area contributed by atoms with Crippen LogP contribution in [0.5, 0.6) is 5.75 Å². The maximum atomic E-state index is 13.6. The maximum absolute atomic E-state index is 13.6. The highest BCUT2D eigenvalue weighted by Crippen LogP contribution is 2.43. The zero-order chi connectivity index (χ0) is 27.2. The van der Waals surface area contributed by atoms with Crippen LogP contribution in [0.3, 0.4) is 0 Å². The predicted octanol–water partition coefficient (Wildman–Crippen LogP) is 6.46. The maximum Gasteiger partial charge on any atom is 0.416 e. The molecule has 2 aliphatic rings. The standard InChI is InChI=1S/C27H29ClF3N5O2/c1-16-33-34-24(36(16)15-17-6-9-19(28)10-7-17)22-5-4-12-35(22)25(37)32-21-14-26(2,3)38-23-13-18(27(29,30)31)8-11-20(21)23/h6-11,13,21-22H,4-5,12,14-15H2,1-3H3,(H,32,37)/t21-,22-/m1/s1. The van der Waals surface area contributed by atoms with E-state index in [4.69, 9.17) is 16.3 Å². The minimum absolute atomic E-state index is 0.137. The van der Waals surface area contributed by atoms with Crippen molar-refractivity contribution in [2.75, 3.05) is 6.54 Å². The van der Waals surface area contributed by atoms with Crippen LogP contribution in [0, 0.1) is 6.92 Å². The van der Waals surface area contributed by atoms with E-state index in [-0.39, 0.29) is 17.8 Å². The lowest BCUT2D eigenvalue weighted by Gasteiger charge is -2.39. The van der Waals surface area contributed by atoms with E-state index < -0.39 is 23.4 Å². The number of benzene rings is 2. The Morgan fingerprint density at radius 1 is 1.18 bits per heavy atom. The average Bonchev–Trinajstić information content (AvgIpc) is 3.46. The van der Waals surface area contributed by atoms with Crippen LogP contribution in [0.2, 0.25) is 5.02 Å². The number of carbonyl (C=O) groups excluding carboxylic acids is 1. The van der Waals surface area contributed by atoms with E-state index in [2.05, 4.69) is 15.5 Å². The van der Waals surface area contributed by atoms with Crippen LogP contribution < -0.4 is 10.1 Å². The number of ether oxygens (including phenoxy) is 1. The van der Waals surface area contributed by atoms with E-state index in [1.54, 1.807) is 18.7 Å². The number of aromatic nitrogens is 3. The first-order chi connectivity index (χ1) is 17.9. The van der Waals surface area contributed by atoms with Gasteiger partial charge in [-0.1, -0.05) is 29.8 Å². The van der Waals surface area contributed by atoms with Crippen molar-refractivity contribution in [2.45, 2.75) is 70.4 Å². The minimum Gasteiger partial charge on any atom is -0.487 e. The summed E-state index contributed by atoms with van der Waals surface area (Å²) in [4.78, 5) is 15.3. The van der Waals surface area contributed by atoms with Gasteiger partial charge in [0.1, 0.15) is 17.2 Å². The van der Waals surface area contributed by atoms with E-state index >= 15 is 0 Å². The Morgan fingerprint density at radius 3 is 2.63 bits per heavy atom. The fourth-order valence-corrected chi connectivity index (χ4v) is 5.40. The van der Waals surface area contributed by atoms with Crippen LogP contribution in [0.15, 0.2) is 42.5 Å². The highest BCUT2D eigenvalue weighted by molar-refractivity contribution is 6.30. The molecule has 202 valence electrons. The molecule has 38 heavy (non-hydrogen) atoms. The number of aryl methyl sites for hydroxylation is 1. The number of amides is 2. The van der Waals surface area contributed by atoms with Crippen molar-refractivity contribution in [1.82, 2.24) is 25.0 Å². The zero-order valence-corrected chi connectivity index (χ0v) is 22.1. The van der Waals surface area contributed by atoms with E-state index in [9.17, 15) is 18.0 Å². The summed E-state index contributed by atoms with van der Waals surface area (Å²) in [7, 11) is 0. The summed E-state index contributed by atoms with van der Waals surface area (Å²) in [6.45, 7) is 6.56. The second-order valence-electron chi connectivity index (χ2n) is 10.5. The molecule has 2 amide bonds. The lowest BCUT2D eigenvalue weighted by atomic mass is 9.89. The molecule has 0 aliphatic carbocycles. The van der Waals surface area contributed by atoms with Gasteiger partial charge in [-0.2, -0.15) is 13.2 Å². The first-order valence-corrected chi connectivity index (χ1v) is 12.9. The van der Waals surface area contributed by atoms with Crippen LogP contribution in [-0.4, -0.2) is 37.8 Å². The van der Waals surface area contributed by atoms with Crippen molar-refractivity contribution in [2.24, 2.45) is 0 Å². The normalized spacial score (nSPS) is 20.7. The lowest BCUT2D eigenvalue weighted by Crippen LogP contribution is -2.46. The molecule has 1 saturated heterocycles. The summed E-state index contributed by atoms with van der Waals surface area (Å²) < 4.78 is 47.8. The van der Waals surface area contributed by atoms with Gasteiger partial charge < -0.3 is 19.5 Å². The third-order valence-electron chi connectivity index (χ3n) is 7.13. The molecule has 3 aromatic rings. The number of urea groups is 1. The Kier molecular flexibility index (Phi) is 6.79. The number of likely N-dealkylation sites (tertiary alicyclic amines) is 1. The highest BCUT2D eigenvalue weighted by Gasteiger charge is 2.40. The number of hydrogen-bond donors (Lipinski definition) is 1. The fraction of sp³-hybridized carbons (Fsp3) is 0.444. The van der Waals surface area contributed by atoms with Gasteiger partial charge in [-0.15, -0.1) is 10.2 Å². The summed E-state index contributed by atoms with van der Waals surface area (Å²) in [5.74, 6) is 1.58. The van der Waals surface area contributed by atoms with Crippen LogP contribution in [-0.2, 0) is 12.7 Å². The van der Waals surface area contributed by atoms with Crippen LogP contribution in [0.4, 0.5) is 18.0 Å². The number of rotatable bonds is 4. The Bertz CT molecular complexity index is 1340. The molecule has 1 N–H and O–H groups in total. The topological polar surface area (TPSA) is 72.3 Å². The van der Waals surface area contributed by atoms with E-state index in [1.165, 1.54) is 6.07 Å². The molecule has 0 spiro atoms. The van der Waals surface area contributed by atoms with Gasteiger partial charge in [-0.05, 0) is 63.4 Å². The summed E-state index contributed by atoms with van der Waals surface area (Å²) in [6, 6.07) is 9.91. The summed E-state index contributed by atoms with van der Waals surface area (Å²) >= 11 is 6.03. The van der Waals surface area contributed by atoms with Gasteiger partial charge in [0, 0.05) is 23.6 Å². The third kappa shape index (κ3) is 5.32. The highest BCUT2D eigenvalue weighted by atomic mass is 35.5. The number of nitrogens with zero attached hydrogens (tertiary/aromatic N) is 4. The molecule has 2 atom stereocenters. The van der Waals surface area contributed by atoms with Gasteiger partial charge in [0.15, 0.2) is 5.82 Å². The number of hydrogen-bond acceptors (Lipinski definition) is 4. The molecular formula is C27H29ClF3N5O2. The molecule has 5 rings (SSSR count). The lowest BCUT2D eigenvalue weighted by molar-refractivity contribution is -0.137. The average molecular weight is 548 g/mol. The second-order valence-corrected chi connectivity index (χ2v) is 10.9. The van der Waals surface area contributed by atoms with E-state index in [0.717, 1.165) is 36.4 Å². The number of alkyl halides is 3. The second kappa shape index (κ2) is 9.80. The molecular weight excluding hydrogens is 519 g/mol. The van der Waals surface area contributed by atoms with Crippen LogP contribution >= 0.6 is 11.6 Å². The van der Waals surface area contributed by atoms with Gasteiger partial charge in [0.25, 0.3) is 0 Å². The molecule has 11 heteroatoms. The molecule has 1 fully saturated rings.